The number of amides is 1. The molecule has 1 aliphatic rings. The Morgan fingerprint density at radius 2 is 2.13 bits per heavy atom. The number of nitrogens with one attached hydrogen (secondary N) is 1. The van der Waals surface area contributed by atoms with Gasteiger partial charge in [-0.3, -0.25) is 4.79 Å². The molecule has 0 aromatic carbocycles. The van der Waals surface area contributed by atoms with Gasteiger partial charge in [0.15, 0.2) is 0 Å². The van der Waals surface area contributed by atoms with Gasteiger partial charge in [-0.2, -0.15) is 0 Å². The smallest absolute Gasteiger partial charge is 0.227 e. The zero-order valence-corrected chi connectivity index (χ0v) is 9.82. The zero-order chi connectivity index (χ0) is 11.4. The van der Waals surface area contributed by atoms with Crippen molar-refractivity contribution in [3.05, 3.63) is 0 Å². The maximum Gasteiger partial charge on any atom is 0.227 e. The average molecular weight is 214 g/mol. The van der Waals surface area contributed by atoms with Crippen molar-refractivity contribution >= 4 is 5.91 Å². The molecule has 1 heterocycles. The molecule has 1 rings (SSSR count). The summed E-state index contributed by atoms with van der Waals surface area (Å²) in [7, 11) is 0. The lowest BCUT2D eigenvalue weighted by molar-refractivity contribution is -0.125. The highest BCUT2D eigenvalue weighted by Gasteiger charge is 2.31. The van der Waals surface area contributed by atoms with Gasteiger partial charge in [-0.15, -0.1) is 0 Å². The number of rotatable bonds is 4. The largest absolute Gasteiger partial charge is 0.379 e. The summed E-state index contributed by atoms with van der Waals surface area (Å²) in [6, 6.07) is 0.0709. The van der Waals surface area contributed by atoms with Gasteiger partial charge in [0.25, 0.3) is 0 Å². The van der Waals surface area contributed by atoms with Gasteiger partial charge in [-0.25, -0.2) is 0 Å². The number of carbonyl (C=O) groups is 1. The Morgan fingerprint density at radius 1 is 1.47 bits per heavy atom. The van der Waals surface area contributed by atoms with Crippen LogP contribution in [0.2, 0.25) is 0 Å². The highest BCUT2D eigenvalue weighted by molar-refractivity contribution is 5.80. The Labute approximate surface area is 91.5 Å². The van der Waals surface area contributed by atoms with Crippen LogP contribution in [-0.2, 0) is 9.53 Å². The van der Waals surface area contributed by atoms with E-state index in [1.54, 1.807) is 0 Å². The van der Waals surface area contributed by atoms with E-state index in [1.165, 1.54) is 0 Å². The molecule has 0 aromatic rings. The summed E-state index contributed by atoms with van der Waals surface area (Å²) in [5.41, 5.74) is 5.77. The fourth-order valence-electron chi connectivity index (χ4n) is 1.96. The Hall–Kier alpha value is -0.610. The van der Waals surface area contributed by atoms with Gasteiger partial charge in [0.2, 0.25) is 5.91 Å². The van der Waals surface area contributed by atoms with E-state index in [0.717, 1.165) is 6.42 Å². The van der Waals surface area contributed by atoms with E-state index in [1.807, 2.05) is 6.92 Å². The quantitative estimate of drug-likeness (QED) is 0.716. The van der Waals surface area contributed by atoms with Gasteiger partial charge >= 0.3 is 0 Å². The summed E-state index contributed by atoms with van der Waals surface area (Å²) in [4.78, 5) is 11.8. The highest BCUT2D eigenvalue weighted by atomic mass is 16.5. The number of hydrogen-bond donors (Lipinski definition) is 2. The fourth-order valence-corrected chi connectivity index (χ4v) is 1.96. The molecule has 0 radical (unpaired) electrons. The Kier molecular flexibility index (Phi) is 4.54. The molecule has 3 N–H and O–H groups in total. The molecule has 3 atom stereocenters. The molecule has 1 amide bonds. The van der Waals surface area contributed by atoms with Crippen LogP contribution in [0.1, 0.15) is 27.2 Å². The van der Waals surface area contributed by atoms with Gasteiger partial charge in [0.05, 0.1) is 19.1 Å². The third kappa shape index (κ3) is 3.80. The highest BCUT2D eigenvalue weighted by Crippen LogP contribution is 2.12. The van der Waals surface area contributed by atoms with Crippen LogP contribution in [0, 0.1) is 11.8 Å². The van der Waals surface area contributed by atoms with E-state index in [0.29, 0.717) is 19.1 Å². The molecule has 0 aliphatic carbocycles. The summed E-state index contributed by atoms with van der Waals surface area (Å²) < 4.78 is 5.17. The number of hydrogen-bond acceptors (Lipinski definition) is 3. The van der Waals surface area contributed by atoms with E-state index in [9.17, 15) is 4.79 Å². The second-order valence-electron chi connectivity index (χ2n) is 4.85. The molecule has 1 fully saturated rings. The summed E-state index contributed by atoms with van der Waals surface area (Å²) in [5.74, 6) is 0.460. The van der Waals surface area contributed by atoms with Crippen molar-refractivity contribution in [3.63, 3.8) is 0 Å². The number of carbonyl (C=O) groups excluding carboxylic acids is 1. The standard InChI is InChI=1S/C11H22N2O2/c1-7(2)4-8(3)13-11(14)9-5-15-6-10(9)12/h7-10H,4-6,12H2,1-3H3,(H,13,14). The molecule has 4 heteroatoms. The van der Waals surface area contributed by atoms with Crippen molar-refractivity contribution in [3.8, 4) is 0 Å². The lowest BCUT2D eigenvalue weighted by Crippen LogP contribution is -2.44. The topological polar surface area (TPSA) is 64.3 Å². The maximum absolute atomic E-state index is 11.8. The van der Waals surface area contributed by atoms with Gasteiger partial charge in [0, 0.05) is 12.1 Å². The predicted octanol–water partition coefficient (Wildman–Crippen LogP) is 0.511. The molecule has 0 spiro atoms. The fraction of sp³-hybridized carbons (Fsp3) is 0.909. The zero-order valence-electron chi connectivity index (χ0n) is 9.82. The van der Waals surface area contributed by atoms with E-state index in [4.69, 9.17) is 10.5 Å². The van der Waals surface area contributed by atoms with E-state index in [2.05, 4.69) is 19.2 Å². The van der Waals surface area contributed by atoms with Crippen molar-refractivity contribution < 1.29 is 9.53 Å². The number of nitrogens with two attached hydrogens (primary N) is 1. The van der Waals surface area contributed by atoms with Crippen LogP contribution in [0.15, 0.2) is 0 Å². The van der Waals surface area contributed by atoms with Crippen molar-refractivity contribution in [2.24, 2.45) is 17.6 Å². The number of ether oxygens (including phenoxy) is 1. The predicted molar refractivity (Wildman–Crippen MR) is 59.3 cm³/mol. The summed E-state index contributed by atoms with van der Waals surface area (Å²) in [5, 5.41) is 2.98. The molecule has 15 heavy (non-hydrogen) atoms. The van der Waals surface area contributed by atoms with Crippen LogP contribution in [0.4, 0.5) is 0 Å². The van der Waals surface area contributed by atoms with Crippen molar-refractivity contribution in [2.45, 2.75) is 39.3 Å². The minimum absolute atomic E-state index is 0.0353. The van der Waals surface area contributed by atoms with Gasteiger partial charge in [-0.05, 0) is 19.3 Å². The lowest BCUT2D eigenvalue weighted by Gasteiger charge is -2.19. The lowest BCUT2D eigenvalue weighted by atomic mass is 10.0. The monoisotopic (exact) mass is 214 g/mol. The maximum atomic E-state index is 11.8. The normalized spacial score (nSPS) is 28.1. The third-order valence-corrected chi connectivity index (χ3v) is 2.67. The van der Waals surface area contributed by atoms with E-state index in [-0.39, 0.29) is 23.9 Å². The van der Waals surface area contributed by atoms with Crippen molar-refractivity contribution in [1.29, 1.82) is 0 Å². The van der Waals surface area contributed by atoms with Crippen molar-refractivity contribution in [2.75, 3.05) is 13.2 Å². The Bertz CT molecular complexity index is 219. The average Bonchev–Trinajstić information content (AvgIpc) is 2.49. The first-order valence-corrected chi connectivity index (χ1v) is 5.64. The minimum atomic E-state index is -0.167. The second-order valence-corrected chi connectivity index (χ2v) is 4.85. The van der Waals surface area contributed by atoms with Gasteiger partial charge in [0.1, 0.15) is 0 Å². The molecule has 88 valence electrons. The molecule has 4 nitrogen and oxygen atoms in total. The SMILES string of the molecule is CC(C)CC(C)NC(=O)C1COCC1N. The van der Waals surface area contributed by atoms with Crippen molar-refractivity contribution in [1.82, 2.24) is 5.32 Å². The molecular formula is C11H22N2O2. The summed E-state index contributed by atoms with van der Waals surface area (Å²) in [6.45, 7) is 7.28. The van der Waals surface area contributed by atoms with E-state index < -0.39 is 0 Å². The molecule has 0 aromatic heterocycles. The minimum Gasteiger partial charge on any atom is -0.379 e. The molecular weight excluding hydrogens is 192 g/mol. The second kappa shape index (κ2) is 5.47. The van der Waals surface area contributed by atoms with Gasteiger partial charge < -0.3 is 15.8 Å². The summed E-state index contributed by atoms with van der Waals surface area (Å²) >= 11 is 0. The first-order chi connectivity index (χ1) is 7.00. The third-order valence-electron chi connectivity index (χ3n) is 2.67. The van der Waals surface area contributed by atoms with E-state index >= 15 is 0 Å². The van der Waals surface area contributed by atoms with Crippen LogP contribution in [0.3, 0.4) is 0 Å². The molecule has 1 saturated heterocycles. The molecule has 1 aliphatic heterocycles. The molecule has 0 saturated carbocycles. The van der Waals surface area contributed by atoms with Gasteiger partial charge in [-0.1, -0.05) is 13.8 Å². The summed E-state index contributed by atoms with van der Waals surface area (Å²) in [6.07, 6.45) is 0.995. The Balaban J connectivity index is 2.34. The first kappa shape index (κ1) is 12.5. The van der Waals surface area contributed by atoms with Crippen LogP contribution in [-0.4, -0.2) is 31.2 Å². The molecule has 3 unspecified atom stereocenters. The Morgan fingerprint density at radius 3 is 2.60 bits per heavy atom. The molecule has 0 bridgehead atoms. The van der Waals surface area contributed by atoms with Crippen LogP contribution in [0.25, 0.3) is 0 Å². The first-order valence-electron chi connectivity index (χ1n) is 5.64. The van der Waals surface area contributed by atoms with Crippen LogP contribution < -0.4 is 11.1 Å². The van der Waals surface area contributed by atoms with Crippen LogP contribution >= 0.6 is 0 Å². The van der Waals surface area contributed by atoms with Crippen LogP contribution in [0.5, 0.6) is 0 Å².